The van der Waals surface area contributed by atoms with Crippen molar-refractivity contribution in [3.8, 4) is 0 Å². The van der Waals surface area contributed by atoms with Crippen molar-refractivity contribution >= 4 is 17.5 Å². The molecule has 1 aromatic heterocycles. The predicted octanol–water partition coefficient (Wildman–Crippen LogP) is 1.37. The molecule has 0 aliphatic rings. The van der Waals surface area contributed by atoms with Gasteiger partial charge in [-0.25, -0.2) is 0 Å². The van der Waals surface area contributed by atoms with E-state index in [2.05, 4.69) is 10.3 Å². The number of hydrogen-bond acceptors (Lipinski definition) is 2. The number of hydrogen-bond donors (Lipinski definition) is 3. The fourth-order valence-corrected chi connectivity index (χ4v) is 1.42. The van der Waals surface area contributed by atoms with Gasteiger partial charge in [0.05, 0.1) is 0 Å². The van der Waals surface area contributed by atoms with Crippen molar-refractivity contribution < 1.29 is 9.59 Å². The lowest BCUT2D eigenvalue weighted by Gasteiger charge is -2.04. The van der Waals surface area contributed by atoms with Gasteiger partial charge in [0.15, 0.2) is 0 Å². The van der Waals surface area contributed by atoms with Gasteiger partial charge < -0.3 is 16.0 Å². The Labute approximate surface area is 97.6 Å². The number of rotatable bonds is 3. The maximum Gasteiger partial charge on any atom is 0.272 e. The van der Waals surface area contributed by atoms with E-state index in [1.165, 1.54) is 6.07 Å². The zero-order valence-electron chi connectivity index (χ0n) is 8.94. The number of carbonyl (C=O) groups is 2. The molecule has 5 nitrogen and oxygen atoms in total. The summed E-state index contributed by atoms with van der Waals surface area (Å²) < 4.78 is 0. The maximum absolute atomic E-state index is 11.7. The largest absolute Gasteiger partial charge is 0.366 e. The maximum atomic E-state index is 11.7. The molecule has 0 bridgehead atoms. The molecule has 86 valence electrons. The predicted molar refractivity (Wildman–Crippen MR) is 63.7 cm³/mol. The van der Waals surface area contributed by atoms with Crippen LogP contribution in [-0.2, 0) is 0 Å². The highest BCUT2D eigenvalue weighted by Crippen LogP contribution is 2.11. The average molecular weight is 229 g/mol. The first kappa shape index (κ1) is 10.9. The van der Waals surface area contributed by atoms with E-state index >= 15 is 0 Å². The minimum Gasteiger partial charge on any atom is -0.366 e. The van der Waals surface area contributed by atoms with Crippen LogP contribution in [0.1, 0.15) is 20.8 Å². The van der Waals surface area contributed by atoms with E-state index in [0.29, 0.717) is 16.9 Å². The molecule has 0 atom stereocenters. The molecule has 17 heavy (non-hydrogen) atoms. The Kier molecular flexibility index (Phi) is 2.91. The van der Waals surface area contributed by atoms with Crippen LogP contribution in [0.25, 0.3) is 0 Å². The molecule has 1 heterocycles. The zero-order valence-corrected chi connectivity index (χ0v) is 8.94. The summed E-state index contributed by atoms with van der Waals surface area (Å²) in [5, 5.41) is 2.66. The summed E-state index contributed by atoms with van der Waals surface area (Å²) >= 11 is 0. The topological polar surface area (TPSA) is 88.0 Å². The second kappa shape index (κ2) is 4.52. The molecular formula is C12H11N3O2. The lowest BCUT2D eigenvalue weighted by molar-refractivity contribution is 0.0995. The summed E-state index contributed by atoms with van der Waals surface area (Å²) in [6.45, 7) is 0. The summed E-state index contributed by atoms with van der Waals surface area (Å²) in [6.07, 6.45) is 1.66. The number of nitrogens with two attached hydrogens (primary N) is 1. The van der Waals surface area contributed by atoms with Crippen molar-refractivity contribution in [3.63, 3.8) is 0 Å². The molecule has 0 aliphatic heterocycles. The molecule has 2 rings (SSSR count). The molecule has 4 N–H and O–H groups in total. The van der Waals surface area contributed by atoms with Crippen molar-refractivity contribution in [1.29, 1.82) is 0 Å². The molecule has 0 radical (unpaired) electrons. The molecule has 0 spiro atoms. The number of H-pyrrole nitrogens is 1. The lowest BCUT2D eigenvalue weighted by Crippen LogP contribution is -2.14. The monoisotopic (exact) mass is 229 g/mol. The van der Waals surface area contributed by atoms with Crippen LogP contribution in [0, 0.1) is 0 Å². The van der Waals surface area contributed by atoms with E-state index in [9.17, 15) is 9.59 Å². The van der Waals surface area contributed by atoms with Gasteiger partial charge in [-0.05, 0) is 30.3 Å². The lowest BCUT2D eigenvalue weighted by atomic mass is 10.2. The molecule has 0 fully saturated rings. The average Bonchev–Trinajstić information content (AvgIpc) is 2.82. The normalized spacial score (nSPS) is 9.88. The Morgan fingerprint density at radius 2 is 2.00 bits per heavy atom. The summed E-state index contributed by atoms with van der Waals surface area (Å²) in [5.74, 6) is -0.794. The van der Waals surface area contributed by atoms with Crippen molar-refractivity contribution in [2.75, 3.05) is 5.32 Å². The third-order valence-electron chi connectivity index (χ3n) is 2.25. The van der Waals surface area contributed by atoms with E-state index in [0.717, 1.165) is 0 Å². The molecule has 2 amide bonds. The number of carbonyl (C=O) groups excluding carboxylic acids is 2. The van der Waals surface area contributed by atoms with Crippen LogP contribution in [0.2, 0.25) is 0 Å². The standard InChI is InChI=1S/C12H11N3O2/c13-11(16)8-3-1-4-9(7-8)15-12(17)10-5-2-6-14-10/h1-7,14H,(H2,13,16)(H,15,17). The van der Waals surface area contributed by atoms with Gasteiger partial charge in [0.1, 0.15) is 5.69 Å². The molecule has 1 aromatic carbocycles. The van der Waals surface area contributed by atoms with Crippen LogP contribution >= 0.6 is 0 Å². The summed E-state index contributed by atoms with van der Waals surface area (Å²) in [5.41, 5.74) is 6.49. The van der Waals surface area contributed by atoms with E-state index in [-0.39, 0.29) is 5.91 Å². The Balaban J connectivity index is 2.16. The van der Waals surface area contributed by atoms with E-state index in [4.69, 9.17) is 5.73 Å². The Hall–Kier alpha value is -2.56. The van der Waals surface area contributed by atoms with Crippen LogP contribution in [-0.4, -0.2) is 16.8 Å². The minimum absolute atomic E-state index is 0.267. The van der Waals surface area contributed by atoms with Crippen molar-refractivity contribution in [2.24, 2.45) is 5.73 Å². The minimum atomic E-state index is -0.527. The first-order valence-corrected chi connectivity index (χ1v) is 5.01. The SMILES string of the molecule is NC(=O)c1cccc(NC(=O)c2ccc[nH]2)c1. The number of aromatic amines is 1. The van der Waals surface area contributed by atoms with Crippen LogP contribution in [0.15, 0.2) is 42.6 Å². The number of aromatic nitrogens is 1. The number of primary amides is 1. The smallest absolute Gasteiger partial charge is 0.272 e. The second-order valence-corrected chi connectivity index (χ2v) is 3.48. The highest BCUT2D eigenvalue weighted by atomic mass is 16.2. The van der Waals surface area contributed by atoms with Crippen LogP contribution in [0.3, 0.4) is 0 Å². The number of nitrogens with one attached hydrogen (secondary N) is 2. The summed E-state index contributed by atoms with van der Waals surface area (Å²) in [7, 11) is 0. The van der Waals surface area contributed by atoms with Gasteiger partial charge in [0.25, 0.3) is 5.91 Å². The van der Waals surface area contributed by atoms with Crippen LogP contribution < -0.4 is 11.1 Å². The molecule has 0 aliphatic carbocycles. The van der Waals surface area contributed by atoms with Gasteiger partial charge in [-0.2, -0.15) is 0 Å². The second-order valence-electron chi connectivity index (χ2n) is 3.48. The number of benzene rings is 1. The highest BCUT2D eigenvalue weighted by molar-refractivity contribution is 6.03. The first-order chi connectivity index (χ1) is 8.16. The summed E-state index contributed by atoms with van der Waals surface area (Å²) in [6, 6.07) is 9.86. The van der Waals surface area contributed by atoms with Crippen molar-refractivity contribution in [3.05, 3.63) is 53.9 Å². The van der Waals surface area contributed by atoms with Gasteiger partial charge in [0.2, 0.25) is 5.91 Å². The molecular weight excluding hydrogens is 218 g/mol. The first-order valence-electron chi connectivity index (χ1n) is 5.01. The summed E-state index contributed by atoms with van der Waals surface area (Å²) in [4.78, 5) is 25.5. The highest BCUT2D eigenvalue weighted by Gasteiger charge is 2.07. The fraction of sp³-hybridized carbons (Fsp3) is 0. The Bertz CT molecular complexity index is 547. The Morgan fingerprint density at radius 3 is 2.65 bits per heavy atom. The van der Waals surface area contributed by atoms with E-state index in [1.807, 2.05) is 0 Å². The molecule has 0 saturated carbocycles. The van der Waals surface area contributed by atoms with Gasteiger partial charge in [-0.15, -0.1) is 0 Å². The number of amides is 2. The van der Waals surface area contributed by atoms with Gasteiger partial charge >= 0.3 is 0 Å². The van der Waals surface area contributed by atoms with Gasteiger partial charge in [-0.1, -0.05) is 6.07 Å². The van der Waals surface area contributed by atoms with E-state index < -0.39 is 5.91 Å². The Morgan fingerprint density at radius 1 is 1.18 bits per heavy atom. The van der Waals surface area contributed by atoms with Gasteiger partial charge in [-0.3, -0.25) is 9.59 Å². The third-order valence-corrected chi connectivity index (χ3v) is 2.25. The fourth-order valence-electron chi connectivity index (χ4n) is 1.42. The molecule has 5 heteroatoms. The van der Waals surface area contributed by atoms with Crippen molar-refractivity contribution in [1.82, 2.24) is 4.98 Å². The van der Waals surface area contributed by atoms with Crippen LogP contribution in [0.5, 0.6) is 0 Å². The third kappa shape index (κ3) is 2.52. The number of anilines is 1. The molecule has 0 saturated heterocycles. The molecule has 2 aromatic rings. The molecule has 0 unspecified atom stereocenters. The zero-order chi connectivity index (χ0) is 12.3. The van der Waals surface area contributed by atoms with Crippen LogP contribution in [0.4, 0.5) is 5.69 Å². The van der Waals surface area contributed by atoms with E-state index in [1.54, 1.807) is 36.5 Å². The quantitative estimate of drug-likeness (QED) is 0.742. The van der Waals surface area contributed by atoms with Crippen molar-refractivity contribution in [2.45, 2.75) is 0 Å². The van der Waals surface area contributed by atoms with Gasteiger partial charge in [0, 0.05) is 17.4 Å².